The lowest BCUT2D eigenvalue weighted by molar-refractivity contribution is 0.626. The maximum atomic E-state index is 12.1. The number of nitrogens with two attached hydrogens (primary N) is 1. The molecule has 0 unspecified atom stereocenters. The molecule has 184 valence electrons. The smallest absolute Gasteiger partial charge is 0.250 e. The molecular formula is C24H17N13O. The predicted molar refractivity (Wildman–Crippen MR) is 134 cm³/mol. The number of anilines is 1. The van der Waals surface area contributed by atoms with E-state index in [0.717, 1.165) is 0 Å². The van der Waals surface area contributed by atoms with Crippen molar-refractivity contribution in [2.75, 3.05) is 5.73 Å². The number of aryl methyl sites for hydroxylation is 1. The number of nitriles is 1. The summed E-state index contributed by atoms with van der Waals surface area (Å²) in [6, 6.07) is 14.1. The van der Waals surface area contributed by atoms with Gasteiger partial charge in [-0.2, -0.15) is 9.78 Å². The number of pyridine rings is 1. The Kier molecular flexibility index (Phi) is 5.35. The van der Waals surface area contributed by atoms with E-state index in [2.05, 4.69) is 41.6 Å². The lowest BCUT2D eigenvalue weighted by atomic mass is 9.98. The number of nitrogen functional groups attached to an aromatic ring is 1. The largest absolute Gasteiger partial charge is 0.368 e. The first-order chi connectivity index (χ1) is 18.5. The van der Waals surface area contributed by atoms with Crippen LogP contribution in [0.15, 0.2) is 65.8 Å². The molecule has 5 aromatic heterocycles. The molecule has 0 atom stereocenters. The molecule has 0 radical (unpaired) electrons. The molecular weight excluding hydrogens is 486 g/mol. The Morgan fingerprint density at radius 2 is 1.87 bits per heavy atom. The minimum Gasteiger partial charge on any atom is -0.368 e. The highest BCUT2D eigenvalue weighted by molar-refractivity contribution is 5.91. The Balaban J connectivity index is 1.57. The standard InChI is InChI=1S/C24H17N13O/c1-35-12-15(7-8-18(35)38)19-20(16-6-3-2-5-14(16)11-25)30-24(26)37-22(19)29-17(32-37)13-36-23(31-33-34-36)21-27-9-4-10-28-21/h2-10,12H,13H2,1H3,(H2,26,30). The Morgan fingerprint density at radius 1 is 1.05 bits per heavy atom. The van der Waals surface area contributed by atoms with Gasteiger partial charge >= 0.3 is 0 Å². The molecule has 0 fully saturated rings. The first-order valence-corrected chi connectivity index (χ1v) is 11.3. The van der Waals surface area contributed by atoms with Crippen LogP contribution < -0.4 is 11.3 Å². The molecule has 6 aromatic rings. The van der Waals surface area contributed by atoms with Gasteiger partial charge in [0.2, 0.25) is 17.3 Å². The summed E-state index contributed by atoms with van der Waals surface area (Å²) in [4.78, 5) is 29.9. The Labute approximate surface area is 213 Å². The van der Waals surface area contributed by atoms with E-state index < -0.39 is 0 Å². The second kappa shape index (κ2) is 8.99. The van der Waals surface area contributed by atoms with E-state index in [-0.39, 0.29) is 18.1 Å². The second-order valence-electron chi connectivity index (χ2n) is 8.21. The van der Waals surface area contributed by atoms with Gasteiger partial charge in [-0.3, -0.25) is 4.79 Å². The average Bonchev–Trinajstić information content (AvgIpc) is 3.58. The van der Waals surface area contributed by atoms with E-state index >= 15 is 0 Å². The minimum atomic E-state index is -0.177. The topological polar surface area (TPSA) is 184 Å². The summed E-state index contributed by atoms with van der Waals surface area (Å²) >= 11 is 0. The molecule has 0 bridgehead atoms. The van der Waals surface area contributed by atoms with Crippen molar-refractivity contribution in [1.82, 2.24) is 54.3 Å². The highest BCUT2D eigenvalue weighted by Gasteiger charge is 2.23. The van der Waals surface area contributed by atoms with Crippen molar-refractivity contribution in [2.45, 2.75) is 6.54 Å². The van der Waals surface area contributed by atoms with Crippen LogP contribution in [0.1, 0.15) is 11.4 Å². The van der Waals surface area contributed by atoms with Crippen molar-refractivity contribution >= 4 is 11.6 Å². The predicted octanol–water partition coefficient (Wildman–Crippen LogP) is 1.10. The normalized spacial score (nSPS) is 11.1. The summed E-state index contributed by atoms with van der Waals surface area (Å²) in [6.07, 6.45) is 4.86. The highest BCUT2D eigenvalue weighted by Crippen LogP contribution is 2.35. The van der Waals surface area contributed by atoms with Crippen LogP contribution in [0.3, 0.4) is 0 Å². The van der Waals surface area contributed by atoms with E-state index in [0.29, 0.717) is 51.1 Å². The van der Waals surface area contributed by atoms with Crippen LogP contribution in [0.5, 0.6) is 0 Å². The monoisotopic (exact) mass is 503 g/mol. The molecule has 0 saturated carbocycles. The van der Waals surface area contributed by atoms with Crippen molar-refractivity contribution < 1.29 is 0 Å². The van der Waals surface area contributed by atoms with Crippen LogP contribution in [0.2, 0.25) is 0 Å². The molecule has 0 spiro atoms. The SMILES string of the molecule is Cn1cc(-c2c(-c3ccccc3C#N)nc(N)n3nc(Cn4nnnc4-c4ncccn4)nc23)ccc1=O. The summed E-state index contributed by atoms with van der Waals surface area (Å²) in [5.41, 5.74) is 9.17. The van der Waals surface area contributed by atoms with Crippen molar-refractivity contribution in [1.29, 1.82) is 5.26 Å². The number of aromatic nitrogens is 11. The summed E-state index contributed by atoms with van der Waals surface area (Å²) < 4.78 is 4.34. The lowest BCUT2D eigenvalue weighted by Gasteiger charge is -2.13. The lowest BCUT2D eigenvalue weighted by Crippen LogP contribution is -2.14. The van der Waals surface area contributed by atoms with Gasteiger partial charge in [-0.15, -0.1) is 10.2 Å². The molecule has 0 aliphatic heterocycles. The number of fused-ring (bicyclic) bond motifs is 1. The van der Waals surface area contributed by atoms with Gasteiger partial charge in [-0.25, -0.2) is 24.6 Å². The first-order valence-electron chi connectivity index (χ1n) is 11.3. The maximum Gasteiger partial charge on any atom is 0.250 e. The summed E-state index contributed by atoms with van der Waals surface area (Å²) in [5, 5.41) is 26.1. The summed E-state index contributed by atoms with van der Waals surface area (Å²) in [7, 11) is 1.65. The molecule has 0 aliphatic rings. The third-order valence-electron chi connectivity index (χ3n) is 5.82. The van der Waals surface area contributed by atoms with Gasteiger partial charge in [0.05, 0.1) is 22.9 Å². The molecule has 1 aromatic carbocycles. The molecule has 0 amide bonds. The van der Waals surface area contributed by atoms with Crippen LogP contribution in [0.25, 0.3) is 39.7 Å². The van der Waals surface area contributed by atoms with Crippen LogP contribution >= 0.6 is 0 Å². The van der Waals surface area contributed by atoms with Gasteiger partial charge in [0.15, 0.2) is 17.3 Å². The van der Waals surface area contributed by atoms with Gasteiger partial charge in [0.1, 0.15) is 6.54 Å². The van der Waals surface area contributed by atoms with Crippen molar-refractivity contribution in [2.24, 2.45) is 7.05 Å². The van der Waals surface area contributed by atoms with Gasteiger partial charge < -0.3 is 10.3 Å². The fraction of sp³-hybridized carbons (Fsp3) is 0.0833. The number of tetrazole rings is 1. The van der Waals surface area contributed by atoms with E-state index in [1.54, 1.807) is 56.0 Å². The fourth-order valence-corrected chi connectivity index (χ4v) is 4.08. The molecule has 14 heteroatoms. The van der Waals surface area contributed by atoms with Crippen LogP contribution in [-0.4, -0.2) is 54.3 Å². The van der Waals surface area contributed by atoms with E-state index in [1.807, 2.05) is 6.07 Å². The third-order valence-corrected chi connectivity index (χ3v) is 5.82. The minimum absolute atomic E-state index is 0.0680. The average molecular weight is 503 g/mol. The van der Waals surface area contributed by atoms with Crippen molar-refractivity contribution in [3.63, 3.8) is 0 Å². The van der Waals surface area contributed by atoms with E-state index in [9.17, 15) is 10.1 Å². The zero-order valence-corrected chi connectivity index (χ0v) is 19.8. The Bertz CT molecular complexity index is 1910. The molecule has 38 heavy (non-hydrogen) atoms. The first kappa shape index (κ1) is 22.6. The Morgan fingerprint density at radius 3 is 2.66 bits per heavy atom. The number of benzene rings is 1. The molecule has 14 nitrogen and oxygen atoms in total. The molecule has 6 rings (SSSR count). The number of hydrogen-bond donors (Lipinski definition) is 1. The fourth-order valence-electron chi connectivity index (χ4n) is 4.08. The van der Waals surface area contributed by atoms with Crippen molar-refractivity contribution in [3.8, 4) is 40.1 Å². The summed E-state index contributed by atoms with van der Waals surface area (Å²) in [5.74, 6) is 1.11. The van der Waals surface area contributed by atoms with Crippen LogP contribution in [-0.2, 0) is 13.6 Å². The molecule has 0 saturated heterocycles. The number of rotatable bonds is 5. The van der Waals surface area contributed by atoms with Crippen LogP contribution in [0.4, 0.5) is 5.95 Å². The summed E-state index contributed by atoms with van der Waals surface area (Å²) in [6.45, 7) is 0.0958. The van der Waals surface area contributed by atoms with Crippen molar-refractivity contribution in [3.05, 3.63) is 82.8 Å². The van der Waals surface area contributed by atoms with Gasteiger partial charge in [-0.05, 0) is 28.6 Å². The zero-order chi connectivity index (χ0) is 26.2. The molecule has 0 aliphatic carbocycles. The highest BCUT2D eigenvalue weighted by atomic mass is 16.1. The Hall–Kier alpha value is -5.84. The maximum absolute atomic E-state index is 12.1. The number of hydrogen-bond acceptors (Lipinski definition) is 11. The van der Waals surface area contributed by atoms with Gasteiger partial charge in [0, 0.05) is 42.8 Å². The molecule has 2 N–H and O–H groups in total. The third kappa shape index (κ3) is 3.80. The second-order valence-corrected chi connectivity index (χ2v) is 8.21. The van der Waals surface area contributed by atoms with Gasteiger partial charge in [0.25, 0.3) is 0 Å². The molecule has 5 heterocycles. The number of nitrogens with zero attached hydrogens (tertiary/aromatic N) is 12. The van der Waals surface area contributed by atoms with Crippen LogP contribution in [0, 0.1) is 11.3 Å². The van der Waals surface area contributed by atoms with E-state index in [1.165, 1.54) is 19.8 Å². The van der Waals surface area contributed by atoms with Gasteiger partial charge in [-0.1, -0.05) is 18.2 Å². The van der Waals surface area contributed by atoms with E-state index in [4.69, 9.17) is 10.7 Å². The quantitative estimate of drug-likeness (QED) is 0.355. The zero-order valence-electron chi connectivity index (χ0n) is 19.8.